The van der Waals surface area contributed by atoms with Gasteiger partial charge < -0.3 is 9.47 Å². The van der Waals surface area contributed by atoms with Crippen molar-refractivity contribution in [3.8, 4) is 5.88 Å². The van der Waals surface area contributed by atoms with Gasteiger partial charge >= 0.3 is 12.1 Å². The van der Waals surface area contributed by atoms with Gasteiger partial charge in [0.25, 0.3) is 0 Å². The third-order valence-electron chi connectivity index (χ3n) is 2.10. The minimum absolute atomic E-state index is 0.123. The van der Waals surface area contributed by atoms with Crippen LogP contribution in [0.1, 0.15) is 22.8 Å². The van der Waals surface area contributed by atoms with Crippen LogP contribution in [0.2, 0.25) is 0 Å². The lowest BCUT2D eigenvalue weighted by Gasteiger charge is -2.11. The smallest absolute Gasteiger partial charge is 0.422 e. The van der Waals surface area contributed by atoms with E-state index in [0.29, 0.717) is 12.0 Å². The number of ether oxygens (including phenoxy) is 2. The number of halogens is 3. The summed E-state index contributed by atoms with van der Waals surface area (Å²) in [4.78, 5) is 14.9. The fourth-order valence-electron chi connectivity index (χ4n) is 1.26. The Hall–Kier alpha value is -1.79. The highest BCUT2D eigenvalue weighted by Gasteiger charge is 2.29. The van der Waals surface area contributed by atoms with Gasteiger partial charge in [0.15, 0.2) is 6.61 Å². The number of alkyl halides is 3. The van der Waals surface area contributed by atoms with Gasteiger partial charge in [-0.05, 0) is 12.5 Å². The van der Waals surface area contributed by atoms with Crippen LogP contribution in [-0.2, 0) is 11.2 Å². The fraction of sp³-hybridized carbons (Fsp3) is 0.455. The lowest BCUT2D eigenvalue weighted by Crippen LogP contribution is -2.20. The minimum atomic E-state index is -4.42. The Labute approximate surface area is 102 Å². The third-order valence-corrected chi connectivity index (χ3v) is 2.10. The van der Waals surface area contributed by atoms with Crippen LogP contribution in [0.4, 0.5) is 13.2 Å². The van der Waals surface area contributed by atoms with Crippen molar-refractivity contribution in [2.75, 3.05) is 13.7 Å². The molecular weight excluding hydrogens is 251 g/mol. The van der Waals surface area contributed by atoms with Crippen molar-refractivity contribution >= 4 is 5.97 Å². The van der Waals surface area contributed by atoms with E-state index in [1.165, 1.54) is 13.2 Å². The molecule has 0 fully saturated rings. The summed E-state index contributed by atoms with van der Waals surface area (Å²) >= 11 is 0. The molecule has 0 N–H and O–H groups in total. The van der Waals surface area contributed by atoms with E-state index >= 15 is 0 Å². The predicted octanol–water partition coefficient (Wildman–Crippen LogP) is 2.37. The number of pyridine rings is 1. The molecule has 0 saturated carbocycles. The first kappa shape index (κ1) is 14.3. The van der Waals surface area contributed by atoms with Gasteiger partial charge in [0.1, 0.15) is 0 Å². The molecule has 0 atom stereocenters. The minimum Gasteiger partial charge on any atom is -0.468 e. The Kier molecular flexibility index (Phi) is 4.52. The first-order chi connectivity index (χ1) is 8.37. The monoisotopic (exact) mass is 263 g/mol. The Morgan fingerprint density at radius 2 is 2.11 bits per heavy atom. The summed E-state index contributed by atoms with van der Waals surface area (Å²) in [6, 6.07) is 1.41. The maximum atomic E-state index is 12.0. The molecule has 1 aromatic heterocycles. The van der Waals surface area contributed by atoms with E-state index in [0.717, 1.165) is 6.20 Å². The normalized spacial score (nSPS) is 11.2. The second kappa shape index (κ2) is 5.70. The standard InChI is InChI=1S/C11H12F3NO3/c1-3-7-4-8(10(16)17-2)5-15-9(7)18-6-11(12,13)14/h4-5H,3,6H2,1-2H3. The molecule has 0 spiro atoms. The quantitative estimate of drug-likeness (QED) is 0.782. The second-order valence-corrected chi connectivity index (χ2v) is 3.44. The lowest BCUT2D eigenvalue weighted by molar-refractivity contribution is -0.154. The lowest BCUT2D eigenvalue weighted by atomic mass is 10.1. The molecule has 1 rings (SSSR count). The van der Waals surface area contributed by atoms with Gasteiger partial charge in [0.05, 0.1) is 12.7 Å². The van der Waals surface area contributed by atoms with Crippen molar-refractivity contribution in [2.24, 2.45) is 0 Å². The van der Waals surface area contributed by atoms with Gasteiger partial charge in [-0.2, -0.15) is 13.2 Å². The molecule has 4 nitrogen and oxygen atoms in total. The van der Waals surface area contributed by atoms with Crippen molar-refractivity contribution in [2.45, 2.75) is 19.5 Å². The van der Waals surface area contributed by atoms with Crippen molar-refractivity contribution in [1.29, 1.82) is 0 Å². The number of hydrogen-bond acceptors (Lipinski definition) is 4. The summed E-state index contributed by atoms with van der Waals surface area (Å²) in [6.45, 7) is 0.309. The van der Waals surface area contributed by atoms with Gasteiger partial charge in [-0.15, -0.1) is 0 Å². The highest BCUT2D eigenvalue weighted by Crippen LogP contribution is 2.21. The number of methoxy groups -OCH3 is 1. The molecule has 100 valence electrons. The summed E-state index contributed by atoms with van der Waals surface area (Å²) in [6.07, 6.45) is -2.91. The molecule has 0 amide bonds. The van der Waals surface area contributed by atoms with Gasteiger partial charge in [-0.25, -0.2) is 9.78 Å². The number of carbonyl (C=O) groups excluding carboxylic acids is 1. The van der Waals surface area contributed by atoms with E-state index in [4.69, 9.17) is 0 Å². The Morgan fingerprint density at radius 3 is 2.61 bits per heavy atom. The van der Waals surface area contributed by atoms with Crippen LogP contribution in [0.5, 0.6) is 5.88 Å². The molecule has 1 aromatic rings. The van der Waals surface area contributed by atoms with Crippen molar-refractivity contribution < 1.29 is 27.4 Å². The Morgan fingerprint density at radius 1 is 1.44 bits per heavy atom. The van der Waals surface area contributed by atoms with Crippen LogP contribution < -0.4 is 4.74 Å². The molecule has 0 aromatic carbocycles. The zero-order valence-corrected chi connectivity index (χ0v) is 9.87. The number of aryl methyl sites for hydroxylation is 1. The number of carbonyl (C=O) groups is 1. The zero-order valence-electron chi connectivity index (χ0n) is 9.87. The maximum absolute atomic E-state index is 12.0. The van der Waals surface area contributed by atoms with Crippen LogP contribution in [0.15, 0.2) is 12.3 Å². The topological polar surface area (TPSA) is 48.4 Å². The average Bonchev–Trinajstić information content (AvgIpc) is 2.34. The summed E-state index contributed by atoms with van der Waals surface area (Å²) in [7, 11) is 1.21. The number of nitrogens with zero attached hydrogens (tertiary/aromatic N) is 1. The molecule has 7 heteroatoms. The van der Waals surface area contributed by atoms with E-state index in [1.54, 1.807) is 6.92 Å². The second-order valence-electron chi connectivity index (χ2n) is 3.44. The molecule has 0 unspecified atom stereocenters. The number of esters is 1. The summed E-state index contributed by atoms with van der Waals surface area (Å²) < 4.78 is 45.1. The van der Waals surface area contributed by atoms with Gasteiger partial charge in [-0.1, -0.05) is 6.92 Å². The number of rotatable bonds is 4. The van der Waals surface area contributed by atoms with E-state index in [9.17, 15) is 18.0 Å². The van der Waals surface area contributed by atoms with Crippen molar-refractivity contribution in [1.82, 2.24) is 4.98 Å². The molecule has 18 heavy (non-hydrogen) atoms. The molecule has 0 aliphatic carbocycles. The van der Waals surface area contributed by atoms with Crippen molar-refractivity contribution in [3.63, 3.8) is 0 Å². The van der Waals surface area contributed by atoms with E-state index in [2.05, 4.69) is 14.5 Å². The summed E-state index contributed by atoms with van der Waals surface area (Å²) in [5.41, 5.74) is 0.593. The largest absolute Gasteiger partial charge is 0.468 e. The number of aromatic nitrogens is 1. The third kappa shape index (κ3) is 3.90. The van der Waals surface area contributed by atoms with Crippen molar-refractivity contribution in [3.05, 3.63) is 23.4 Å². The van der Waals surface area contributed by atoms with Gasteiger partial charge in [0.2, 0.25) is 5.88 Å². The van der Waals surface area contributed by atoms with E-state index in [1.807, 2.05) is 0 Å². The highest BCUT2D eigenvalue weighted by molar-refractivity contribution is 5.89. The molecule has 0 bridgehead atoms. The maximum Gasteiger partial charge on any atom is 0.422 e. The van der Waals surface area contributed by atoms with Crippen LogP contribution >= 0.6 is 0 Å². The SMILES string of the molecule is CCc1cc(C(=O)OC)cnc1OCC(F)(F)F. The summed E-state index contributed by atoms with van der Waals surface area (Å²) in [5.74, 6) is -0.720. The Bertz CT molecular complexity index is 432. The molecule has 1 heterocycles. The van der Waals surface area contributed by atoms with Crippen LogP contribution in [-0.4, -0.2) is 30.8 Å². The summed E-state index contributed by atoms with van der Waals surface area (Å²) in [5, 5.41) is 0. The first-order valence-corrected chi connectivity index (χ1v) is 5.14. The molecular formula is C11H12F3NO3. The van der Waals surface area contributed by atoms with E-state index < -0.39 is 18.8 Å². The van der Waals surface area contributed by atoms with Gasteiger partial charge in [0, 0.05) is 11.8 Å². The Balaban J connectivity index is 2.90. The van der Waals surface area contributed by atoms with Crippen LogP contribution in [0.3, 0.4) is 0 Å². The van der Waals surface area contributed by atoms with Crippen LogP contribution in [0.25, 0.3) is 0 Å². The fourth-order valence-corrected chi connectivity index (χ4v) is 1.26. The first-order valence-electron chi connectivity index (χ1n) is 5.14. The van der Waals surface area contributed by atoms with Gasteiger partial charge in [-0.3, -0.25) is 0 Å². The molecule has 0 saturated heterocycles. The molecule has 0 aliphatic rings. The predicted molar refractivity (Wildman–Crippen MR) is 56.5 cm³/mol. The number of hydrogen-bond donors (Lipinski definition) is 0. The zero-order chi connectivity index (χ0) is 13.8. The molecule has 0 radical (unpaired) electrons. The highest BCUT2D eigenvalue weighted by atomic mass is 19.4. The average molecular weight is 263 g/mol. The van der Waals surface area contributed by atoms with E-state index in [-0.39, 0.29) is 11.4 Å². The van der Waals surface area contributed by atoms with Crippen LogP contribution in [0, 0.1) is 0 Å². The molecule has 0 aliphatic heterocycles.